The Morgan fingerprint density at radius 3 is 3.10 bits per heavy atom. The van der Waals surface area contributed by atoms with Gasteiger partial charge in [-0.15, -0.1) is 0 Å². The Kier molecular flexibility index (Phi) is 2.77. The molecule has 2 aliphatic heterocycles. The average Bonchev–Trinajstić information content (AvgIpc) is 3.13. The molecule has 4 heteroatoms. The van der Waals surface area contributed by atoms with Gasteiger partial charge < -0.3 is 14.6 Å². The first kappa shape index (κ1) is 12.0. The van der Waals surface area contributed by atoms with Crippen molar-refractivity contribution in [1.29, 1.82) is 0 Å². The van der Waals surface area contributed by atoms with Gasteiger partial charge in [-0.2, -0.15) is 0 Å². The minimum absolute atomic E-state index is 0.159. The molecule has 1 unspecified atom stereocenters. The van der Waals surface area contributed by atoms with E-state index in [9.17, 15) is 4.79 Å². The lowest BCUT2D eigenvalue weighted by Crippen LogP contribution is -2.41. The van der Waals surface area contributed by atoms with Crippen LogP contribution in [0.5, 0.6) is 0 Å². The molecule has 2 aromatic rings. The molecule has 1 aromatic heterocycles. The van der Waals surface area contributed by atoms with Crippen LogP contribution in [0.4, 0.5) is 0 Å². The first-order chi connectivity index (χ1) is 9.83. The van der Waals surface area contributed by atoms with Crippen molar-refractivity contribution >= 4 is 16.8 Å². The maximum Gasteiger partial charge on any atom is 0.252 e. The molecular formula is C16H18N2O2. The molecule has 104 valence electrons. The Bertz CT molecular complexity index is 656. The van der Waals surface area contributed by atoms with Gasteiger partial charge in [0.2, 0.25) is 0 Å². The van der Waals surface area contributed by atoms with Gasteiger partial charge in [-0.05, 0) is 30.9 Å². The predicted octanol–water partition coefficient (Wildman–Crippen LogP) is 2.23. The van der Waals surface area contributed by atoms with Gasteiger partial charge in [0, 0.05) is 29.7 Å². The fourth-order valence-corrected chi connectivity index (χ4v) is 3.36. The lowest BCUT2D eigenvalue weighted by molar-refractivity contribution is -0.141. The SMILES string of the molecule is O=C(C1CCCO1)N1CCc2c([nH]c3ccccc23)C1. The minimum atomic E-state index is -0.207. The van der Waals surface area contributed by atoms with Crippen LogP contribution in [-0.2, 0) is 22.5 Å². The third-order valence-corrected chi connectivity index (χ3v) is 4.40. The molecular weight excluding hydrogens is 252 g/mol. The fraction of sp³-hybridized carbons (Fsp3) is 0.438. The predicted molar refractivity (Wildman–Crippen MR) is 76.4 cm³/mol. The Morgan fingerprint density at radius 1 is 1.35 bits per heavy atom. The van der Waals surface area contributed by atoms with Crippen LogP contribution in [-0.4, -0.2) is 35.0 Å². The molecule has 0 radical (unpaired) electrons. The zero-order valence-corrected chi connectivity index (χ0v) is 11.4. The van der Waals surface area contributed by atoms with Crippen LogP contribution in [0.2, 0.25) is 0 Å². The molecule has 4 nitrogen and oxygen atoms in total. The summed E-state index contributed by atoms with van der Waals surface area (Å²) in [6.45, 7) is 2.21. The number of H-pyrrole nitrogens is 1. The second-order valence-corrected chi connectivity index (χ2v) is 5.64. The molecule has 1 amide bonds. The normalized spacial score (nSPS) is 22.2. The van der Waals surface area contributed by atoms with E-state index >= 15 is 0 Å². The lowest BCUT2D eigenvalue weighted by Gasteiger charge is -2.29. The Morgan fingerprint density at radius 2 is 2.25 bits per heavy atom. The molecule has 3 heterocycles. The van der Waals surface area contributed by atoms with Crippen LogP contribution < -0.4 is 0 Å². The number of ether oxygens (including phenoxy) is 1. The van der Waals surface area contributed by atoms with E-state index in [4.69, 9.17) is 4.74 Å². The molecule has 0 aliphatic carbocycles. The number of carbonyl (C=O) groups is 1. The van der Waals surface area contributed by atoms with Gasteiger partial charge in [0.15, 0.2) is 0 Å². The highest BCUT2D eigenvalue weighted by atomic mass is 16.5. The number of carbonyl (C=O) groups excluding carboxylic acids is 1. The number of hydrogen-bond donors (Lipinski definition) is 1. The van der Waals surface area contributed by atoms with Gasteiger partial charge in [0.05, 0.1) is 6.54 Å². The van der Waals surface area contributed by atoms with E-state index in [1.54, 1.807) is 0 Å². The molecule has 1 N–H and O–H groups in total. The third-order valence-electron chi connectivity index (χ3n) is 4.40. The third kappa shape index (κ3) is 1.83. The second-order valence-electron chi connectivity index (χ2n) is 5.64. The molecule has 2 aliphatic rings. The minimum Gasteiger partial charge on any atom is -0.368 e. The fourth-order valence-electron chi connectivity index (χ4n) is 3.36. The van der Waals surface area contributed by atoms with Crippen molar-refractivity contribution in [3.63, 3.8) is 0 Å². The van der Waals surface area contributed by atoms with Crippen LogP contribution in [0.3, 0.4) is 0 Å². The first-order valence-corrected chi connectivity index (χ1v) is 7.32. The van der Waals surface area contributed by atoms with Crippen molar-refractivity contribution in [3.05, 3.63) is 35.5 Å². The van der Waals surface area contributed by atoms with Crippen molar-refractivity contribution in [2.75, 3.05) is 13.2 Å². The zero-order valence-electron chi connectivity index (χ0n) is 11.4. The highest BCUT2D eigenvalue weighted by Crippen LogP contribution is 2.28. The quantitative estimate of drug-likeness (QED) is 0.863. The number of benzene rings is 1. The number of nitrogens with one attached hydrogen (secondary N) is 1. The Labute approximate surface area is 117 Å². The van der Waals surface area contributed by atoms with Crippen LogP contribution in [0.15, 0.2) is 24.3 Å². The zero-order chi connectivity index (χ0) is 13.5. The van der Waals surface area contributed by atoms with Gasteiger partial charge in [-0.1, -0.05) is 18.2 Å². The number of para-hydroxylation sites is 1. The Hall–Kier alpha value is -1.81. The summed E-state index contributed by atoms with van der Waals surface area (Å²) in [5.41, 5.74) is 3.73. The Balaban J connectivity index is 1.61. The van der Waals surface area contributed by atoms with Crippen LogP contribution in [0, 0.1) is 0 Å². The van der Waals surface area contributed by atoms with E-state index in [-0.39, 0.29) is 12.0 Å². The number of rotatable bonds is 1. The van der Waals surface area contributed by atoms with E-state index in [1.165, 1.54) is 22.2 Å². The average molecular weight is 270 g/mol. The highest BCUT2D eigenvalue weighted by Gasteiger charge is 2.31. The highest BCUT2D eigenvalue weighted by molar-refractivity contribution is 5.86. The molecule has 0 saturated carbocycles. The summed E-state index contributed by atoms with van der Waals surface area (Å²) < 4.78 is 5.51. The van der Waals surface area contributed by atoms with Crippen molar-refractivity contribution in [2.24, 2.45) is 0 Å². The smallest absolute Gasteiger partial charge is 0.252 e. The summed E-state index contributed by atoms with van der Waals surface area (Å²) in [6, 6.07) is 8.36. The summed E-state index contributed by atoms with van der Waals surface area (Å²) in [7, 11) is 0. The summed E-state index contributed by atoms with van der Waals surface area (Å²) in [6.07, 6.45) is 2.59. The maximum atomic E-state index is 12.4. The van der Waals surface area contributed by atoms with Crippen molar-refractivity contribution in [1.82, 2.24) is 9.88 Å². The topological polar surface area (TPSA) is 45.3 Å². The van der Waals surface area contributed by atoms with Crippen molar-refractivity contribution in [2.45, 2.75) is 31.9 Å². The lowest BCUT2D eigenvalue weighted by atomic mass is 10.0. The monoisotopic (exact) mass is 270 g/mol. The van der Waals surface area contributed by atoms with Crippen molar-refractivity contribution < 1.29 is 9.53 Å². The van der Waals surface area contributed by atoms with Crippen LogP contribution in [0.25, 0.3) is 10.9 Å². The number of aromatic nitrogens is 1. The van der Waals surface area contributed by atoms with Gasteiger partial charge in [-0.25, -0.2) is 0 Å². The largest absolute Gasteiger partial charge is 0.368 e. The molecule has 1 atom stereocenters. The number of aromatic amines is 1. The van der Waals surface area contributed by atoms with Gasteiger partial charge in [-0.3, -0.25) is 4.79 Å². The molecule has 1 saturated heterocycles. The second kappa shape index (κ2) is 4.63. The van der Waals surface area contributed by atoms with Crippen molar-refractivity contribution in [3.8, 4) is 0 Å². The molecule has 0 spiro atoms. The number of nitrogens with zero attached hydrogens (tertiary/aromatic N) is 1. The van der Waals surface area contributed by atoms with Gasteiger partial charge in [0.25, 0.3) is 5.91 Å². The van der Waals surface area contributed by atoms with Gasteiger partial charge >= 0.3 is 0 Å². The van der Waals surface area contributed by atoms with Gasteiger partial charge in [0.1, 0.15) is 6.10 Å². The van der Waals surface area contributed by atoms with Crippen LogP contribution in [0.1, 0.15) is 24.1 Å². The van der Waals surface area contributed by atoms with E-state index in [1.807, 2.05) is 11.0 Å². The molecule has 4 rings (SSSR count). The molecule has 1 aromatic carbocycles. The molecule has 20 heavy (non-hydrogen) atoms. The number of hydrogen-bond acceptors (Lipinski definition) is 2. The van der Waals surface area contributed by atoms with E-state index in [0.717, 1.165) is 32.4 Å². The van der Waals surface area contributed by atoms with E-state index in [0.29, 0.717) is 6.54 Å². The van der Waals surface area contributed by atoms with Crippen LogP contribution >= 0.6 is 0 Å². The maximum absolute atomic E-state index is 12.4. The first-order valence-electron chi connectivity index (χ1n) is 7.32. The molecule has 1 fully saturated rings. The number of fused-ring (bicyclic) bond motifs is 3. The summed E-state index contributed by atoms with van der Waals surface area (Å²) >= 11 is 0. The summed E-state index contributed by atoms with van der Waals surface area (Å²) in [4.78, 5) is 17.8. The number of amides is 1. The standard InChI is InChI=1S/C16H18N2O2/c19-16(15-6-3-9-20-15)18-8-7-12-11-4-1-2-5-13(11)17-14(12)10-18/h1-2,4-5,15,17H,3,6-10H2. The summed E-state index contributed by atoms with van der Waals surface area (Å²) in [5.74, 6) is 0.159. The van der Waals surface area contributed by atoms with E-state index < -0.39 is 0 Å². The molecule has 0 bridgehead atoms. The summed E-state index contributed by atoms with van der Waals surface area (Å²) in [5, 5.41) is 1.30. The van der Waals surface area contributed by atoms with E-state index in [2.05, 4.69) is 23.2 Å².